The number of hydrogen-bond donors (Lipinski definition) is 2. The summed E-state index contributed by atoms with van der Waals surface area (Å²) in [7, 11) is 0. The Morgan fingerprint density at radius 2 is 2.00 bits per heavy atom. The molecule has 4 nitrogen and oxygen atoms in total. The molecule has 2 aromatic rings. The third-order valence-corrected chi connectivity index (χ3v) is 2.21. The first-order valence-corrected chi connectivity index (χ1v) is 5.05. The number of benzene rings is 1. The Bertz CT molecular complexity index is 602. The van der Waals surface area contributed by atoms with Crippen LogP contribution in [0.1, 0.15) is 10.4 Å². The summed E-state index contributed by atoms with van der Waals surface area (Å²) in [6.07, 6.45) is 0. The molecule has 1 heterocycles. The third-order valence-electron chi connectivity index (χ3n) is 2.21. The van der Waals surface area contributed by atoms with Gasteiger partial charge in [-0.25, -0.2) is 9.37 Å². The Kier molecular flexibility index (Phi) is 3.18. The van der Waals surface area contributed by atoms with Gasteiger partial charge in [-0.1, -0.05) is 6.07 Å². The Hall–Kier alpha value is -2.50. The highest BCUT2D eigenvalue weighted by Crippen LogP contribution is 2.15. The lowest BCUT2D eigenvalue weighted by molar-refractivity contribution is 0.102. The van der Waals surface area contributed by atoms with Crippen LogP contribution in [0.15, 0.2) is 36.4 Å². The Balaban J connectivity index is 2.22. The second-order valence-corrected chi connectivity index (χ2v) is 3.53. The van der Waals surface area contributed by atoms with Crippen LogP contribution in [0, 0.1) is 11.8 Å². The van der Waals surface area contributed by atoms with Gasteiger partial charge in [-0.3, -0.25) is 4.79 Å². The number of hydrogen-bond acceptors (Lipinski definition) is 3. The van der Waals surface area contributed by atoms with Gasteiger partial charge in [-0.15, -0.1) is 0 Å². The van der Waals surface area contributed by atoms with E-state index in [0.717, 1.165) is 18.2 Å². The lowest BCUT2D eigenvalue weighted by Gasteiger charge is -2.06. The van der Waals surface area contributed by atoms with Gasteiger partial charge < -0.3 is 11.1 Å². The zero-order chi connectivity index (χ0) is 13.1. The summed E-state index contributed by atoms with van der Waals surface area (Å²) in [6, 6.07) is 7.39. The first-order valence-electron chi connectivity index (χ1n) is 5.05. The van der Waals surface area contributed by atoms with Crippen molar-refractivity contribution < 1.29 is 13.6 Å². The van der Waals surface area contributed by atoms with Crippen LogP contribution in [0.5, 0.6) is 0 Å². The van der Waals surface area contributed by atoms with E-state index in [4.69, 9.17) is 5.73 Å². The zero-order valence-corrected chi connectivity index (χ0v) is 9.15. The molecule has 1 amide bonds. The SMILES string of the molecule is Nc1cc(F)ccc1C(=O)Nc1cccc(F)n1. The lowest BCUT2D eigenvalue weighted by atomic mass is 10.1. The highest BCUT2D eigenvalue weighted by molar-refractivity contribution is 6.07. The topological polar surface area (TPSA) is 68.0 Å². The van der Waals surface area contributed by atoms with E-state index in [9.17, 15) is 13.6 Å². The summed E-state index contributed by atoms with van der Waals surface area (Å²) in [5, 5.41) is 2.37. The number of pyridine rings is 1. The molecular formula is C12H9F2N3O. The predicted molar refractivity (Wildman–Crippen MR) is 63.0 cm³/mol. The van der Waals surface area contributed by atoms with Crippen molar-refractivity contribution in [1.82, 2.24) is 4.98 Å². The fourth-order valence-electron chi connectivity index (χ4n) is 1.40. The van der Waals surface area contributed by atoms with Crippen LogP contribution in [-0.4, -0.2) is 10.9 Å². The molecule has 0 unspecified atom stereocenters. The Morgan fingerprint density at radius 1 is 1.22 bits per heavy atom. The van der Waals surface area contributed by atoms with Gasteiger partial charge in [0.2, 0.25) is 5.95 Å². The van der Waals surface area contributed by atoms with E-state index in [1.165, 1.54) is 18.2 Å². The van der Waals surface area contributed by atoms with Gasteiger partial charge >= 0.3 is 0 Å². The molecule has 0 aliphatic rings. The molecule has 0 spiro atoms. The van der Waals surface area contributed by atoms with Crippen LogP contribution in [0.4, 0.5) is 20.3 Å². The fraction of sp³-hybridized carbons (Fsp3) is 0. The predicted octanol–water partition coefficient (Wildman–Crippen LogP) is 2.19. The molecule has 3 N–H and O–H groups in total. The first kappa shape index (κ1) is 12.0. The molecule has 1 aromatic heterocycles. The molecule has 1 aromatic carbocycles. The summed E-state index contributed by atoms with van der Waals surface area (Å²) in [6.45, 7) is 0. The third kappa shape index (κ3) is 2.60. The lowest BCUT2D eigenvalue weighted by Crippen LogP contribution is -2.15. The van der Waals surface area contributed by atoms with Crippen LogP contribution in [0.2, 0.25) is 0 Å². The first-order chi connectivity index (χ1) is 8.56. The van der Waals surface area contributed by atoms with E-state index >= 15 is 0 Å². The van der Waals surface area contributed by atoms with Crippen molar-refractivity contribution in [3.05, 3.63) is 53.7 Å². The Morgan fingerprint density at radius 3 is 2.67 bits per heavy atom. The van der Waals surface area contributed by atoms with Crippen LogP contribution < -0.4 is 11.1 Å². The molecule has 0 bridgehead atoms. The molecule has 6 heteroatoms. The van der Waals surface area contributed by atoms with Crippen molar-refractivity contribution in [2.24, 2.45) is 0 Å². The molecule has 0 radical (unpaired) electrons. The molecule has 2 rings (SSSR count). The van der Waals surface area contributed by atoms with E-state index in [1.807, 2.05) is 0 Å². The average molecular weight is 249 g/mol. The minimum Gasteiger partial charge on any atom is -0.398 e. The number of aromatic nitrogens is 1. The van der Waals surface area contributed by atoms with Crippen LogP contribution >= 0.6 is 0 Å². The number of amides is 1. The molecule has 0 aliphatic carbocycles. The number of anilines is 2. The van der Waals surface area contributed by atoms with Crippen molar-refractivity contribution in [3.63, 3.8) is 0 Å². The second kappa shape index (κ2) is 4.79. The summed E-state index contributed by atoms with van der Waals surface area (Å²) in [4.78, 5) is 15.3. The summed E-state index contributed by atoms with van der Waals surface area (Å²) in [5.74, 6) is -1.76. The smallest absolute Gasteiger partial charge is 0.258 e. The number of carbonyl (C=O) groups is 1. The van der Waals surface area contributed by atoms with Gasteiger partial charge in [-0.2, -0.15) is 4.39 Å². The van der Waals surface area contributed by atoms with Gasteiger partial charge in [0.05, 0.1) is 5.56 Å². The number of nitrogens with two attached hydrogens (primary N) is 1. The van der Waals surface area contributed by atoms with E-state index in [2.05, 4.69) is 10.3 Å². The van der Waals surface area contributed by atoms with E-state index in [-0.39, 0.29) is 17.1 Å². The maximum absolute atomic E-state index is 12.8. The standard InChI is InChI=1S/C12H9F2N3O/c13-7-4-5-8(9(15)6-7)12(18)17-11-3-1-2-10(14)16-11/h1-6H,15H2,(H,16,17,18). The maximum Gasteiger partial charge on any atom is 0.258 e. The van der Waals surface area contributed by atoms with E-state index in [1.54, 1.807) is 0 Å². The largest absolute Gasteiger partial charge is 0.398 e. The van der Waals surface area contributed by atoms with Gasteiger partial charge in [0.15, 0.2) is 0 Å². The molecule has 18 heavy (non-hydrogen) atoms. The normalized spacial score (nSPS) is 10.1. The van der Waals surface area contributed by atoms with Crippen molar-refractivity contribution in [2.75, 3.05) is 11.1 Å². The highest BCUT2D eigenvalue weighted by Gasteiger charge is 2.11. The quantitative estimate of drug-likeness (QED) is 0.633. The fourth-order valence-corrected chi connectivity index (χ4v) is 1.40. The van der Waals surface area contributed by atoms with E-state index < -0.39 is 17.7 Å². The molecule has 92 valence electrons. The van der Waals surface area contributed by atoms with Crippen molar-refractivity contribution in [2.45, 2.75) is 0 Å². The maximum atomic E-state index is 12.8. The van der Waals surface area contributed by atoms with Crippen LogP contribution in [0.3, 0.4) is 0 Å². The summed E-state index contributed by atoms with van der Waals surface area (Å²) in [5.41, 5.74) is 5.61. The Labute approximate surface area is 101 Å². The minimum absolute atomic E-state index is 0.00361. The van der Waals surface area contributed by atoms with Gasteiger partial charge in [0.25, 0.3) is 5.91 Å². The van der Waals surface area contributed by atoms with Gasteiger partial charge in [0.1, 0.15) is 11.6 Å². The van der Waals surface area contributed by atoms with Gasteiger partial charge in [0, 0.05) is 5.69 Å². The van der Waals surface area contributed by atoms with Crippen molar-refractivity contribution in [3.8, 4) is 0 Å². The molecule has 0 saturated heterocycles. The monoisotopic (exact) mass is 249 g/mol. The summed E-state index contributed by atoms with van der Waals surface area (Å²) >= 11 is 0. The molecule has 0 fully saturated rings. The van der Waals surface area contributed by atoms with Crippen LogP contribution in [0.25, 0.3) is 0 Å². The van der Waals surface area contributed by atoms with Crippen molar-refractivity contribution >= 4 is 17.4 Å². The molecular weight excluding hydrogens is 240 g/mol. The zero-order valence-electron chi connectivity index (χ0n) is 9.15. The average Bonchev–Trinajstić information content (AvgIpc) is 2.28. The highest BCUT2D eigenvalue weighted by atomic mass is 19.1. The summed E-state index contributed by atoms with van der Waals surface area (Å²) < 4.78 is 25.6. The number of carbonyl (C=O) groups excluding carboxylic acids is 1. The van der Waals surface area contributed by atoms with Crippen molar-refractivity contribution in [1.29, 1.82) is 0 Å². The number of nitrogen functional groups attached to an aromatic ring is 1. The second-order valence-electron chi connectivity index (χ2n) is 3.53. The van der Waals surface area contributed by atoms with Crippen LogP contribution in [-0.2, 0) is 0 Å². The number of nitrogens with one attached hydrogen (secondary N) is 1. The number of nitrogens with zero attached hydrogens (tertiary/aromatic N) is 1. The number of halogens is 2. The van der Waals surface area contributed by atoms with Gasteiger partial charge in [-0.05, 0) is 30.3 Å². The molecule has 0 saturated carbocycles. The minimum atomic E-state index is -0.708. The molecule has 0 atom stereocenters. The number of rotatable bonds is 2. The molecule has 0 aliphatic heterocycles. The van der Waals surface area contributed by atoms with E-state index in [0.29, 0.717) is 0 Å².